The number of benzene rings is 3. The van der Waals surface area contributed by atoms with Gasteiger partial charge in [-0.25, -0.2) is 0 Å². The molecule has 0 spiro atoms. The van der Waals surface area contributed by atoms with Crippen molar-refractivity contribution in [2.45, 2.75) is 31.8 Å². The molecular formula is C27H22ClNO3. The molecular weight excluding hydrogens is 422 g/mol. The van der Waals surface area contributed by atoms with E-state index < -0.39 is 0 Å². The van der Waals surface area contributed by atoms with Crippen molar-refractivity contribution in [3.8, 4) is 0 Å². The van der Waals surface area contributed by atoms with Crippen LogP contribution < -0.4 is 0 Å². The molecule has 0 fully saturated rings. The lowest BCUT2D eigenvalue weighted by molar-refractivity contribution is -0.147. The lowest BCUT2D eigenvalue weighted by Gasteiger charge is -2.23. The second kappa shape index (κ2) is 8.64. The van der Waals surface area contributed by atoms with E-state index >= 15 is 0 Å². The summed E-state index contributed by atoms with van der Waals surface area (Å²) in [5.41, 5.74) is 4.16. The van der Waals surface area contributed by atoms with Crippen LogP contribution in [0.4, 0.5) is 0 Å². The van der Waals surface area contributed by atoms with Crippen molar-refractivity contribution in [2.75, 3.05) is 0 Å². The van der Waals surface area contributed by atoms with Crippen LogP contribution in [0, 0.1) is 0 Å². The summed E-state index contributed by atoms with van der Waals surface area (Å²) in [5, 5.41) is 1.52. The maximum Gasteiger partial charge on any atom is 0.313 e. The van der Waals surface area contributed by atoms with Gasteiger partial charge in [0.1, 0.15) is 6.61 Å². The maximum atomic E-state index is 13.5. The number of hydrogen-bond acceptors (Lipinski definition) is 3. The number of aromatic nitrogens is 1. The predicted octanol–water partition coefficient (Wildman–Crippen LogP) is 6.15. The zero-order valence-corrected chi connectivity index (χ0v) is 18.2. The molecule has 0 amide bonds. The number of carbonyl (C=O) groups excluding carboxylic acids is 2. The fourth-order valence-electron chi connectivity index (χ4n) is 4.59. The van der Waals surface area contributed by atoms with Gasteiger partial charge in [0.05, 0.1) is 11.4 Å². The first-order valence-corrected chi connectivity index (χ1v) is 11.1. The Labute approximate surface area is 191 Å². The van der Waals surface area contributed by atoms with Gasteiger partial charge in [-0.2, -0.15) is 0 Å². The van der Waals surface area contributed by atoms with Crippen LogP contribution in [-0.4, -0.2) is 16.4 Å². The summed E-state index contributed by atoms with van der Waals surface area (Å²) < 4.78 is 7.46. The number of para-hydroxylation sites is 1. The van der Waals surface area contributed by atoms with Crippen LogP contribution in [0.15, 0.2) is 78.9 Å². The highest BCUT2D eigenvalue weighted by molar-refractivity contribution is 6.30. The molecule has 4 aromatic rings. The van der Waals surface area contributed by atoms with E-state index in [-0.39, 0.29) is 24.4 Å². The molecule has 0 bridgehead atoms. The normalized spacial score (nSPS) is 15.3. The number of nitrogens with zero attached hydrogens (tertiary/aromatic N) is 1. The van der Waals surface area contributed by atoms with Crippen LogP contribution in [0.5, 0.6) is 0 Å². The van der Waals surface area contributed by atoms with Crippen LogP contribution in [0.3, 0.4) is 0 Å². The van der Waals surface area contributed by atoms with Crippen molar-refractivity contribution in [1.29, 1.82) is 0 Å². The van der Waals surface area contributed by atoms with Gasteiger partial charge in [0, 0.05) is 21.7 Å². The smallest absolute Gasteiger partial charge is 0.313 e. The average Bonchev–Trinajstić information content (AvgIpc) is 3.18. The van der Waals surface area contributed by atoms with E-state index in [1.807, 2.05) is 54.6 Å². The molecule has 0 saturated heterocycles. The third-order valence-electron chi connectivity index (χ3n) is 6.07. The summed E-state index contributed by atoms with van der Waals surface area (Å²) in [4.78, 5) is 26.6. The number of rotatable bonds is 4. The minimum atomic E-state index is -0.383. The highest BCUT2D eigenvalue weighted by atomic mass is 35.5. The van der Waals surface area contributed by atoms with Crippen LogP contribution in [0.25, 0.3) is 10.9 Å². The van der Waals surface area contributed by atoms with Gasteiger partial charge in [0.25, 0.3) is 5.91 Å². The molecule has 0 saturated carbocycles. The number of esters is 1. The van der Waals surface area contributed by atoms with Crippen molar-refractivity contribution < 1.29 is 14.3 Å². The number of halogens is 1. The molecule has 1 aromatic heterocycles. The highest BCUT2D eigenvalue weighted by Gasteiger charge is 2.34. The second-order valence-electron chi connectivity index (χ2n) is 8.06. The van der Waals surface area contributed by atoms with E-state index in [0.29, 0.717) is 17.0 Å². The molecule has 160 valence electrons. The topological polar surface area (TPSA) is 48.3 Å². The van der Waals surface area contributed by atoms with Gasteiger partial charge in [0.2, 0.25) is 0 Å². The summed E-state index contributed by atoms with van der Waals surface area (Å²) in [7, 11) is 0. The van der Waals surface area contributed by atoms with Crippen LogP contribution >= 0.6 is 11.6 Å². The Kier molecular flexibility index (Phi) is 5.54. The Morgan fingerprint density at radius 2 is 1.66 bits per heavy atom. The van der Waals surface area contributed by atoms with E-state index in [1.54, 1.807) is 28.8 Å². The number of ether oxygens (including phenoxy) is 1. The minimum absolute atomic E-state index is 0.114. The Morgan fingerprint density at radius 3 is 2.44 bits per heavy atom. The predicted molar refractivity (Wildman–Crippen MR) is 125 cm³/mol. The Morgan fingerprint density at radius 1 is 0.938 bits per heavy atom. The van der Waals surface area contributed by atoms with Crippen molar-refractivity contribution in [1.82, 2.24) is 4.57 Å². The van der Waals surface area contributed by atoms with E-state index in [2.05, 4.69) is 0 Å². The molecule has 0 aliphatic heterocycles. The van der Waals surface area contributed by atoms with Gasteiger partial charge >= 0.3 is 5.97 Å². The molecule has 32 heavy (non-hydrogen) atoms. The van der Waals surface area contributed by atoms with Gasteiger partial charge in [0.15, 0.2) is 0 Å². The van der Waals surface area contributed by atoms with Crippen molar-refractivity contribution in [3.63, 3.8) is 0 Å². The van der Waals surface area contributed by atoms with Gasteiger partial charge in [-0.1, -0.05) is 60.1 Å². The molecule has 1 atom stereocenters. The summed E-state index contributed by atoms with van der Waals surface area (Å²) in [5.74, 6) is -0.735. The molecule has 5 heteroatoms. The Hall–Kier alpha value is -3.37. The number of fused-ring (bicyclic) bond motifs is 3. The summed E-state index contributed by atoms with van der Waals surface area (Å²) in [6.07, 6.45) is 2.28. The van der Waals surface area contributed by atoms with E-state index in [9.17, 15) is 9.59 Å². The van der Waals surface area contributed by atoms with Gasteiger partial charge in [-0.05, 0) is 60.7 Å². The first-order valence-electron chi connectivity index (χ1n) is 10.8. The average molecular weight is 444 g/mol. The Balaban J connectivity index is 1.54. The molecule has 1 aliphatic rings. The third-order valence-corrected chi connectivity index (χ3v) is 6.33. The highest BCUT2D eigenvalue weighted by Crippen LogP contribution is 2.40. The van der Waals surface area contributed by atoms with Crippen LogP contribution in [-0.2, 0) is 22.6 Å². The van der Waals surface area contributed by atoms with Gasteiger partial charge in [-0.3, -0.25) is 14.2 Å². The third kappa shape index (κ3) is 3.71. The summed E-state index contributed by atoms with van der Waals surface area (Å²) in [6.45, 7) is 0.244. The zero-order valence-electron chi connectivity index (χ0n) is 17.5. The summed E-state index contributed by atoms with van der Waals surface area (Å²) >= 11 is 6.01. The minimum Gasteiger partial charge on any atom is -0.460 e. The zero-order chi connectivity index (χ0) is 22.1. The SMILES string of the molecule is O=C(OCc1ccccc1)C1CCCc2c1c1ccccc1n2C(=O)c1ccc(Cl)cc1. The quantitative estimate of drug-likeness (QED) is 0.355. The first-order chi connectivity index (χ1) is 15.6. The largest absolute Gasteiger partial charge is 0.460 e. The molecule has 1 aliphatic carbocycles. The molecule has 0 N–H and O–H groups in total. The number of hydrogen-bond donors (Lipinski definition) is 0. The van der Waals surface area contributed by atoms with Crippen LogP contribution in [0.1, 0.15) is 45.9 Å². The second-order valence-corrected chi connectivity index (χ2v) is 8.50. The summed E-state index contributed by atoms with van der Waals surface area (Å²) in [6, 6.07) is 24.4. The van der Waals surface area contributed by atoms with Crippen molar-refractivity contribution in [2.24, 2.45) is 0 Å². The first kappa shape index (κ1) is 20.5. The molecule has 4 nitrogen and oxygen atoms in total. The lowest BCUT2D eigenvalue weighted by atomic mass is 9.85. The van der Waals surface area contributed by atoms with Crippen molar-refractivity contribution >= 4 is 34.4 Å². The molecule has 1 unspecified atom stereocenters. The Bertz CT molecular complexity index is 1290. The van der Waals surface area contributed by atoms with E-state index in [1.165, 1.54) is 0 Å². The molecule has 5 rings (SSSR count). The van der Waals surface area contributed by atoms with E-state index in [4.69, 9.17) is 16.3 Å². The number of carbonyl (C=O) groups is 2. The van der Waals surface area contributed by atoms with Crippen molar-refractivity contribution in [3.05, 3.63) is 106 Å². The maximum absolute atomic E-state index is 13.5. The fraction of sp³-hybridized carbons (Fsp3) is 0.185. The monoisotopic (exact) mass is 443 g/mol. The lowest BCUT2D eigenvalue weighted by Crippen LogP contribution is -2.23. The molecule has 3 aromatic carbocycles. The standard InChI is InChI=1S/C27H22ClNO3/c28-20-15-13-19(14-16-20)26(30)29-23-11-5-4-9-21(23)25-22(10-6-12-24(25)29)27(31)32-17-18-7-2-1-3-8-18/h1-5,7-9,11,13-16,22H,6,10,12,17H2. The van der Waals surface area contributed by atoms with Gasteiger partial charge in [-0.15, -0.1) is 0 Å². The fourth-order valence-corrected chi connectivity index (χ4v) is 4.72. The molecule has 1 heterocycles. The van der Waals surface area contributed by atoms with Gasteiger partial charge < -0.3 is 4.74 Å². The van der Waals surface area contributed by atoms with Crippen LogP contribution in [0.2, 0.25) is 5.02 Å². The molecule has 0 radical (unpaired) electrons. The van der Waals surface area contributed by atoms with E-state index in [0.717, 1.165) is 40.6 Å².